The molecule has 2 heterocycles. The molecule has 62 heavy (non-hydrogen) atoms. The summed E-state index contributed by atoms with van der Waals surface area (Å²) in [5, 5.41) is 10.5. The van der Waals surface area contributed by atoms with Gasteiger partial charge in [-0.2, -0.15) is 0 Å². The maximum atomic E-state index is 6.84. The van der Waals surface area contributed by atoms with Crippen molar-refractivity contribution in [2.75, 3.05) is 9.80 Å². The smallest absolute Gasteiger partial charge is 0.159 e. The van der Waals surface area contributed by atoms with Gasteiger partial charge in [0.1, 0.15) is 11.3 Å². The lowest BCUT2D eigenvalue weighted by molar-refractivity contribution is 0.578. The predicted octanol–water partition coefficient (Wildman–Crippen LogP) is 17.4. The Hall–Kier alpha value is -7.56. The molecule has 0 N–H and O–H groups in total. The monoisotopic (exact) mass is 802 g/mol. The van der Waals surface area contributed by atoms with Gasteiger partial charge in [-0.3, -0.25) is 0 Å². The third-order valence-corrected chi connectivity index (χ3v) is 12.5. The van der Waals surface area contributed by atoms with E-state index in [1.807, 2.05) is 25.1 Å². The molecule has 0 amide bonds. The molecule has 0 aliphatic heterocycles. The average molecular weight is 803 g/mol. The number of benzene rings is 9. The number of hydrogen-bond acceptors (Lipinski definition) is 4. The van der Waals surface area contributed by atoms with E-state index in [0.717, 1.165) is 89.1 Å². The van der Waals surface area contributed by atoms with Gasteiger partial charge in [0.05, 0.1) is 22.7 Å². The fourth-order valence-corrected chi connectivity index (χ4v) is 9.65. The van der Waals surface area contributed by atoms with E-state index in [-0.39, 0.29) is 0 Å². The van der Waals surface area contributed by atoms with E-state index < -0.39 is 0 Å². The molecular weight excluding hydrogens is 757 g/mol. The Labute approximate surface area is 361 Å². The quantitative estimate of drug-likeness (QED) is 0.107. The Kier molecular flexibility index (Phi) is 8.80. The minimum atomic E-state index is 0.393. The van der Waals surface area contributed by atoms with Gasteiger partial charge >= 0.3 is 0 Å². The summed E-state index contributed by atoms with van der Waals surface area (Å²) in [6.45, 7) is 14.9. The minimum Gasteiger partial charge on any atom is -0.459 e. The number of nitrogens with zero attached hydrogens (tertiary/aromatic N) is 2. The third-order valence-electron chi connectivity index (χ3n) is 12.5. The van der Waals surface area contributed by atoms with E-state index in [9.17, 15) is 0 Å². The van der Waals surface area contributed by atoms with Gasteiger partial charge in [-0.15, -0.1) is 0 Å². The molecular formula is C58H46N2O2. The van der Waals surface area contributed by atoms with Crippen molar-refractivity contribution in [2.45, 2.75) is 40.5 Å². The van der Waals surface area contributed by atoms with Crippen molar-refractivity contribution in [3.05, 3.63) is 198 Å². The highest BCUT2D eigenvalue weighted by Crippen LogP contribution is 2.53. The van der Waals surface area contributed by atoms with Crippen LogP contribution in [0.1, 0.15) is 47.8 Å². The first-order valence-corrected chi connectivity index (χ1v) is 21.5. The average Bonchev–Trinajstić information content (AvgIpc) is 3.83. The van der Waals surface area contributed by atoms with Crippen molar-refractivity contribution in [3.63, 3.8) is 0 Å². The second kappa shape index (κ2) is 14.6. The fraction of sp³-hybridized carbons (Fsp3) is 0.103. The van der Waals surface area contributed by atoms with Crippen LogP contribution in [-0.2, 0) is 0 Å². The summed E-state index contributed by atoms with van der Waals surface area (Å²) in [4.78, 5) is 4.82. The standard InChI is InChI=1S/C58H46N2O2/c1-7-8-19-44-38(6)61-57-46(44)21-13-23-50(57)59(42-17-11-15-36(4)30-42)52-34-53(49-29-27-40-33-41(35(2)3)32-39-26-28-48(52)56(49)55(39)40)60(43-18-12-16-37(5)31-43)51-24-14-22-47-45-20-9-10-25-54(45)62-58(47)51/h7-35H,1H2,2-6H3/b19-8-. The lowest BCUT2D eigenvalue weighted by Crippen LogP contribution is -2.15. The summed E-state index contributed by atoms with van der Waals surface area (Å²) in [5.74, 6) is 1.25. The van der Waals surface area contributed by atoms with Gasteiger partial charge in [-0.05, 0) is 108 Å². The molecule has 4 nitrogen and oxygen atoms in total. The Morgan fingerprint density at radius 2 is 1.06 bits per heavy atom. The molecule has 0 unspecified atom stereocenters. The fourth-order valence-electron chi connectivity index (χ4n) is 9.65. The SMILES string of the molecule is C=C/C=C\c1c(C)oc2c(N(c3cccc(C)c3)c3cc(N(c4cccc(C)c4)c4cccc5c4oc4ccccc45)c4ccc5cc(C(C)C)cc6ccc3c4c65)cccc12. The molecule has 4 heteroatoms. The topological polar surface area (TPSA) is 32.8 Å². The van der Waals surface area contributed by atoms with Gasteiger partial charge in [0.2, 0.25) is 0 Å². The molecule has 11 rings (SSSR count). The highest BCUT2D eigenvalue weighted by atomic mass is 16.3. The second-order valence-corrected chi connectivity index (χ2v) is 16.9. The predicted molar refractivity (Wildman–Crippen MR) is 264 cm³/mol. The van der Waals surface area contributed by atoms with Crippen LogP contribution in [0, 0.1) is 20.8 Å². The lowest BCUT2D eigenvalue weighted by Gasteiger charge is -2.32. The van der Waals surface area contributed by atoms with Gasteiger partial charge in [-0.1, -0.05) is 142 Å². The van der Waals surface area contributed by atoms with E-state index >= 15 is 0 Å². The Bertz CT molecular complexity index is 3560. The van der Waals surface area contributed by atoms with Gasteiger partial charge in [0, 0.05) is 49.3 Å². The van der Waals surface area contributed by atoms with Crippen LogP contribution in [0.25, 0.3) is 71.3 Å². The van der Waals surface area contributed by atoms with Crippen LogP contribution < -0.4 is 9.80 Å². The number of anilines is 6. The maximum Gasteiger partial charge on any atom is 0.159 e. The molecule has 2 aromatic heterocycles. The first-order chi connectivity index (χ1) is 30.3. The number of aryl methyl sites for hydroxylation is 3. The van der Waals surface area contributed by atoms with Crippen molar-refractivity contribution in [1.29, 1.82) is 0 Å². The zero-order chi connectivity index (χ0) is 42.2. The van der Waals surface area contributed by atoms with Crippen LogP contribution in [0.5, 0.6) is 0 Å². The number of para-hydroxylation sites is 3. The van der Waals surface area contributed by atoms with Gasteiger partial charge in [0.25, 0.3) is 0 Å². The Morgan fingerprint density at radius 3 is 1.66 bits per heavy atom. The lowest BCUT2D eigenvalue weighted by atomic mass is 9.88. The summed E-state index contributed by atoms with van der Waals surface area (Å²) in [7, 11) is 0. The first kappa shape index (κ1) is 37.4. The molecule has 0 fully saturated rings. The van der Waals surface area contributed by atoms with Gasteiger partial charge in [-0.25, -0.2) is 0 Å². The van der Waals surface area contributed by atoms with Crippen molar-refractivity contribution < 1.29 is 8.83 Å². The molecule has 0 saturated carbocycles. The molecule has 9 aromatic carbocycles. The minimum absolute atomic E-state index is 0.393. The molecule has 0 spiro atoms. The molecule has 300 valence electrons. The number of furan rings is 2. The maximum absolute atomic E-state index is 6.84. The summed E-state index contributed by atoms with van der Waals surface area (Å²) >= 11 is 0. The Morgan fingerprint density at radius 1 is 0.500 bits per heavy atom. The normalized spacial score (nSPS) is 12.1. The van der Waals surface area contributed by atoms with Crippen LogP contribution >= 0.6 is 0 Å². The zero-order valence-electron chi connectivity index (χ0n) is 35.7. The zero-order valence-corrected chi connectivity index (χ0v) is 35.7. The Balaban J connectivity index is 1.31. The van der Waals surface area contributed by atoms with Crippen molar-refractivity contribution >= 4 is 105 Å². The number of allylic oxidation sites excluding steroid dienone is 2. The van der Waals surface area contributed by atoms with Crippen molar-refractivity contribution in [2.24, 2.45) is 0 Å². The molecule has 0 aliphatic rings. The van der Waals surface area contributed by atoms with E-state index in [4.69, 9.17) is 8.83 Å². The summed E-state index contributed by atoms with van der Waals surface area (Å²) in [6.07, 6.45) is 5.87. The number of rotatable bonds is 9. The number of fused-ring (bicyclic) bond motifs is 4. The van der Waals surface area contributed by atoms with E-state index in [2.05, 4.69) is 196 Å². The highest BCUT2D eigenvalue weighted by molar-refractivity contribution is 6.29. The van der Waals surface area contributed by atoms with E-state index in [1.54, 1.807) is 0 Å². The van der Waals surface area contributed by atoms with Gasteiger partial charge in [0.15, 0.2) is 11.2 Å². The largest absolute Gasteiger partial charge is 0.459 e. The van der Waals surface area contributed by atoms with Gasteiger partial charge < -0.3 is 18.6 Å². The molecule has 0 aliphatic carbocycles. The summed E-state index contributed by atoms with van der Waals surface area (Å²) < 4.78 is 13.6. The van der Waals surface area contributed by atoms with Crippen LogP contribution in [0.4, 0.5) is 34.1 Å². The van der Waals surface area contributed by atoms with Crippen LogP contribution in [0.3, 0.4) is 0 Å². The van der Waals surface area contributed by atoms with Crippen LogP contribution in [-0.4, -0.2) is 0 Å². The molecule has 11 aromatic rings. The van der Waals surface area contributed by atoms with Crippen molar-refractivity contribution in [1.82, 2.24) is 0 Å². The highest BCUT2D eigenvalue weighted by Gasteiger charge is 2.28. The molecule has 0 atom stereocenters. The van der Waals surface area contributed by atoms with Crippen LogP contribution in [0.15, 0.2) is 179 Å². The van der Waals surface area contributed by atoms with E-state index in [0.29, 0.717) is 5.92 Å². The molecule has 0 radical (unpaired) electrons. The van der Waals surface area contributed by atoms with Crippen LogP contribution in [0.2, 0.25) is 0 Å². The molecule has 0 bridgehead atoms. The first-order valence-electron chi connectivity index (χ1n) is 21.5. The second-order valence-electron chi connectivity index (χ2n) is 16.9. The third kappa shape index (κ3) is 5.89. The summed E-state index contributed by atoms with van der Waals surface area (Å²) in [6, 6.07) is 55.4. The van der Waals surface area contributed by atoms with E-state index in [1.165, 1.54) is 38.2 Å². The molecule has 0 saturated heterocycles. The number of hydrogen-bond donors (Lipinski definition) is 0. The summed E-state index contributed by atoms with van der Waals surface area (Å²) in [5.41, 5.74) is 13.4. The van der Waals surface area contributed by atoms with Crippen molar-refractivity contribution in [3.8, 4) is 0 Å².